The molecule has 0 radical (unpaired) electrons. The summed E-state index contributed by atoms with van der Waals surface area (Å²) in [6.45, 7) is 5.20. The fraction of sp³-hybridized carbons (Fsp3) is 0.692. The molecule has 0 aromatic carbocycles. The van der Waals surface area contributed by atoms with Gasteiger partial charge in [0, 0.05) is 31.3 Å². The number of hydrogen-bond acceptors (Lipinski definition) is 3. The number of carbonyl (C=O) groups excluding carboxylic acids is 1. The molecule has 0 aliphatic heterocycles. The number of nitrogens with zero attached hydrogens (tertiary/aromatic N) is 2. The Morgan fingerprint density at radius 1 is 1.61 bits per heavy atom. The van der Waals surface area contributed by atoms with Crippen LogP contribution in [0.1, 0.15) is 37.9 Å². The molecule has 0 saturated heterocycles. The standard InChI is InChI=1S/C13H24N4O/c1-4-12-11(9-17(3)16-12)8-15-13(18)10(2)6-5-7-14/h9-10H,4-8,14H2,1-3H3,(H,15,18). The molecule has 0 spiro atoms. The van der Waals surface area contributed by atoms with Crippen molar-refractivity contribution in [1.29, 1.82) is 0 Å². The maximum atomic E-state index is 11.8. The van der Waals surface area contributed by atoms with Crippen molar-refractivity contribution in [2.24, 2.45) is 18.7 Å². The van der Waals surface area contributed by atoms with Crippen LogP contribution >= 0.6 is 0 Å². The fourth-order valence-corrected chi connectivity index (χ4v) is 1.94. The average Bonchev–Trinajstić information content (AvgIpc) is 2.73. The van der Waals surface area contributed by atoms with E-state index < -0.39 is 0 Å². The van der Waals surface area contributed by atoms with E-state index in [1.54, 1.807) is 4.68 Å². The highest BCUT2D eigenvalue weighted by atomic mass is 16.1. The third-order valence-corrected chi connectivity index (χ3v) is 3.07. The Bertz CT molecular complexity index is 386. The van der Waals surface area contributed by atoms with Gasteiger partial charge in [0.25, 0.3) is 0 Å². The average molecular weight is 252 g/mol. The molecule has 102 valence electrons. The summed E-state index contributed by atoms with van der Waals surface area (Å²) in [7, 11) is 1.90. The van der Waals surface area contributed by atoms with Gasteiger partial charge in [0.05, 0.1) is 5.69 Å². The number of amides is 1. The molecule has 3 N–H and O–H groups in total. The van der Waals surface area contributed by atoms with Gasteiger partial charge in [-0.2, -0.15) is 5.10 Å². The van der Waals surface area contributed by atoms with Crippen LogP contribution in [0.5, 0.6) is 0 Å². The zero-order chi connectivity index (χ0) is 13.5. The number of nitrogens with one attached hydrogen (secondary N) is 1. The minimum atomic E-state index is 0.0234. The van der Waals surface area contributed by atoms with Crippen molar-refractivity contribution >= 4 is 5.91 Å². The Hall–Kier alpha value is -1.36. The predicted molar refractivity (Wildman–Crippen MR) is 71.9 cm³/mol. The van der Waals surface area contributed by atoms with Crippen LogP contribution in [-0.4, -0.2) is 22.2 Å². The smallest absolute Gasteiger partial charge is 0.223 e. The molecule has 1 unspecified atom stereocenters. The summed E-state index contributed by atoms with van der Waals surface area (Å²) < 4.78 is 1.79. The molecule has 0 aliphatic carbocycles. The van der Waals surface area contributed by atoms with Crippen molar-refractivity contribution in [3.8, 4) is 0 Å². The highest BCUT2D eigenvalue weighted by Gasteiger charge is 2.13. The normalized spacial score (nSPS) is 12.4. The van der Waals surface area contributed by atoms with E-state index in [9.17, 15) is 4.79 Å². The molecule has 5 nitrogen and oxygen atoms in total. The van der Waals surface area contributed by atoms with Gasteiger partial charge in [-0.3, -0.25) is 9.48 Å². The molecule has 0 fully saturated rings. The van der Waals surface area contributed by atoms with E-state index >= 15 is 0 Å². The van der Waals surface area contributed by atoms with Gasteiger partial charge < -0.3 is 11.1 Å². The summed E-state index contributed by atoms with van der Waals surface area (Å²) in [4.78, 5) is 11.8. The molecular weight excluding hydrogens is 228 g/mol. The third kappa shape index (κ3) is 4.14. The first kappa shape index (κ1) is 14.7. The maximum absolute atomic E-state index is 11.8. The number of rotatable bonds is 7. The highest BCUT2D eigenvalue weighted by molar-refractivity contribution is 5.78. The minimum Gasteiger partial charge on any atom is -0.352 e. The van der Waals surface area contributed by atoms with E-state index in [4.69, 9.17) is 5.73 Å². The Morgan fingerprint density at radius 2 is 2.33 bits per heavy atom. The van der Waals surface area contributed by atoms with E-state index in [1.165, 1.54) is 0 Å². The molecule has 0 bridgehead atoms. The first-order valence-electron chi connectivity index (χ1n) is 6.57. The fourth-order valence-electron chi connectivity index (χ4n) is 1.94. The number of aromatic nitrogens is 2. The zero-order valence-electron chi connectivity index (χ0n) is 11.6. The number of aryl methyl sites for hydroxylation is 2. The summed E-state index contributed by atoms with van der Waals surface area (Å²) in [5, 5.41) is 7.31. The minimum absolute atomic E-state index is 0.0234. The Morgan fingerprint density at radius 3 is 2.94 bits per heavy atom. The first-order valence-corrected chi connectivity index (χ1v) is 6.57. The maximum Gasteiger partial charge on any atom is 0.223 e. The molecule has 1 atom stereocenters. The molecule has 1 amide bonds. The second-order valence-corrected chi connectivity index (χ2v) is 4.68. The van der Waals surface area contributed by atoms with Crippen molar-refractivity contribution in [1.82, 2.24) is 15.1 Å². The molecule has 1 aromatic heterocycles. The van der Waals surface area contributed by atoms with Crippen molar-refractivity contribution in [2.75, 3.05) is 6.54 Å². The quantitative estimate of drug-likeness (QED) is 0.759. The van der Waals surface area contributed by atoms with Gasteiger partial charge >= 0.3 is 0 Å². The van der Waals surface area contributed by atoms with Crippen LogP contribution in [0.3, 0.4) is 0 Å². The molecule has 1 heterocycles. The Labute approximate surface area is 109 Å². The van der Waals surface area contributed by atoms with Crippen LogP contribution in [-0.2, 0) is 24.8 Å². The second kappa shape index (κ2) is 7.16. The summed E-state index contributed by atoms with van der Waals surface area (Å²) in [5.41, 5.74) is 7.59. The van der Waals surface area contributed by atoms with Crippen LogP contribution in [0.2, 0.25) is 0 Å². The lowest BCUT2D eigenvalue weighted by Crippen LogP contribution is -2.29. The third-order valence-electron chi connectivity index (χ3n) is 3.07. The molecule has 1 rings (SSSR count). The lowest BCUT2D eigenvalue weighted by atomic mass is 10.0. The summed E-state index contributed by atoms with van der Waals surface area (Å²) in [6, 6.07) is 0. The van der Waals surface area contributed by atoms with Crippen LogP contribution in [0.15, 0.2) is 6.20 Å². The van der Waals surface area contributed by atoms with E-state index in [0.29, 0.717) is 13.1 Å². The van der Waals surface area contributed by atoms with Gasteiger partial charge in [-0.25, -0.2) is 0 Å². The van der Waals surface area contributed by atoms with Gasteiger partial charge in [0.2, 0.25) is 5.91 Å². The molecule has 1 aromatic rings. The highest BCUT2D eigenvalue weighted by Crippen LogP contribution is 2.08. The molecular formula is C13H24N4O. The van der Waals surface area contributed by atoms with Crippen LogP contribution < -0.4 is 11.1 Å². The molecule has 0 saturated carbocycles. The van der Waals surface area contributed by atoms with Crippen LogP contribution in [0, 0.1) is 5.92 Å². The monoisotopic (exact) mass is 252 g/mol. The first-order chi connectivity index (χ1) is 8.58. The van der Waals surface area contributed by atoms with Gasteiger partial charge in [0.15, 0.2) is 0 Å². The van der Waals surface area contributed by atoms with Crippen LogP contribution in [0.4, 0.5) is 0 Å². The van der Waals surface area contributed by atoms with Crippen molar-refractivity contribution in [2.45, 2.75) is 39.7 Å². The van der Waals surface area contributed by atoms with Gasteiger partial charge in [-0.15, -0.1) is 0 Å². The van der Waals surface area contributed by atoms with E-state index in [2.05, 4.69) is 17.3 Å². The summed E-state index contributed by atoms with van der Waals surface area (Å²) in [5.74, 6) is 0.115. The molecule has 0 aliphatic rings. The predicted octanol–water partition coefficient (Wildman–Crippen LogP) is 0.974. The lowest BCUT2D eigenvalue weighted by Gasteiger charge is -2.11. The number of carbonyl (C=O) groups is 1. The summed E-state index contributed by atoms with van der Waals surface area (Å²) in [6.07, 6.45) is 4.58. The van der Waals surface area contributed by atoms with E-state index in [1.807, 2.05) is 20.2 Å². The van der Waals surface area contributed by atoms with Crippen molar-refractivity contribution in [3.05, 3.63) is 17.5 Å². The molecule has 18 heavy (non-hydrogen) atoms. The van der Waals surface area contributed by atoms with E-state index in [-0.39, 0.29) is 11.8 Å². The second-order valence-electron chi connectivity index (χ2n) is 4.68. The van der Waals surface area contributed by atoms with Crippen molar-refractivity contribution < 1.29 is 4.79 Å². The van der Waals surface area contributed by atoms with Crippen molar-refractivity contribution in [3.63, 3.8) is 0 Å². The number of hydrogen-bond donors (Lipinski definition) is 2. The van der Waals surface area contributed by atoms with Gasteiger partial charge in [-0.05, 0) is 25.8 Å². The lowest BCUT2D eigenvalue weighted by molar-refractivity contribution is -0.124. The number of nitrogens with two attached hydrogens (primary N) is 1. The zero-order valence-corrected chi connectivity index (χ0v) is 11.6. The van der Waals surface area contributed by atoms with Crippen LogP contribution in [0.25, 0.3) is 0 Å². The van der Waals surface area contributed by atoms with Gasteiger partial charge in [-0.1, -0.05) is 13.8 Å². The Kier molecular flexibility index (Phi) is 5.85. The Balaban J connectivity index is 2.46. The van der Waals surface area contributed by atoms with Gasteiger partial charge in [0.1, 0.15) is 0 Å². The largest absolute Gasteiger partial charge is 0.352 e. The topological polar surface area (TPSA) is 72.9 Å². The SMILES string of the molecule is CCc1nn(C)cc1CNC(=O)C(C)CCCN. The molecule has 5 heteroatoms. The summed E-state index contributed by atoms with van der Waals surface area (Å²) >= 11 is 0. The van der Waals surface area contributed by atoms with E-state index in [0.717, 1.165) is 30.5 Å².